The molecular formula is C20H17N3O7-2. The Morgan fingerprint density at radius 1 is 1.13 bits per heavy atom. The molecule has 0 amide bonds. The van der Waals surface area contributed by atoms with Gasteiger partial charge in [0.2, 0.25) is 5.82 Å². The lowest BCUT2D eigenvalue weighted by atomic mass is 9.80. The first-order valence-corrected chi connectivity index (χ1v) is 8.97. The average Bonchev–Trinajstić information content (AvgIpc) is 3.17. The molecule has 0 spiro atoms. The minimum absolute atomic E-state index is 0.0558. The van der Waals surface area contributed by atoms with Crippen LogP contribution in [0.15, 0.2) is 51.3 Å². The monoisotopic (exact) mass is 411 g/mol. The van der Waals surface area contributed by atoms with Crippen molar-refractivity contribution in [2.75, 3.05) is 6.61 Å². The van der Waals surface area contributed by atoms with Crippen LogP contribution in [0.3, 0.4) is 0 Å². The third kappa shape index (κ3) is 3.79. The molecule has 2 aromatic rings. The maximum Gasteiger partial charge on any atom is 0.397 e. The molecule has 0 bridgehead atoms. The Morgan fingerprint density at radius 3 is 2.33 bits per heavy atom. The van der Waals surface area contributed by atoms with Gasteiger partial charge in [-0.3, -0.25) is 0 Å². The van der Waals surface area contributed by atoms with Gasteiger partial charge in [-0.1, -0.05) is 23.4 Å². The Morgan fingerprint density at radius 2 is 1.77 bits per heavy atom. The number of rotatable bonds is 6. The zero-order valence-electron chi connectivity index (χ0n) is 16.3. The molecule has 0 aliphatic carbocycles. The molecule has 156 valence electrons. The molecule has 0 fully saturated rings. The molecule has 0 saturated carbocycles. The van der Waals surface area contributed by atoms with Crippen molar-refractivity contribution in [1.29, 1.82) is 0 Å². The largest absolute Gasteiger partial charge is 0.545 e. The smallest absolute Gasteiger partial charge is 0.397 e. The molecule has 3 rings (SSSR count). The average molecular weight is 411 g/mol. The second-order valence-electron chi connectivity index (χ2n) is 6.48. The molecule has 0 radical (unpaired) electrons. The van der Waals surface area contributed by atoms with Crippen LogP contribution in [-0.2, 0) is 14.3 Å². The van der Waals surface area contributed by atoms with Crippen LogP contribution in [0.5, 0.6) is 0 Å². The lowest BCUT2D eigenvalue weighted by Gasteiger charge is -2.33. The van der Waals surface area contributed by atoms with Crippen LogP contribution in [0.2, 0.25) is 0 Å². The van der Waals surface area contributed by atoms with Gasteiger partial charge in [0, 0.05) is 34.0 Å². The second-order valence-corrected chi connectivity index (χ2v) is 6.48. The van der Waals surface area contributed by atoms with Crippen molar-refractivity contribution < 1.29 is 33.9 Å². The van der Waals surface area contributed by atoms with E-state index in [1.54, 1.807) is 25.1 Å². The Bertz CT molecular complexity index is 1060. The van der Waals surface area contributed by atoms with E-state index in [0.717, 1.165) is 0 Å². The van der Waals surface area contributed by atoms with Gasteiger partial charge in [0.1, 0.15) is 0 Å². The van der Waals surface area contributed by atoms with E-state index >= 15 is 0 Å². The summed E-state index contributed by atoms with van der Waals surface area (Å²) < 4.78 is 9.70. The van der Waals surface area contributed by atoms with Crippen LogP contribution in [0.4, 0.5) is 0 Å². The molecule has 30 heavy (non-hydrogen) atoms. The van der Waals surface area contributed by atoms with Crippen LogP contribution in [-0.4, -0.2) is 34.7 Å². The number of ether oxygens (including phenoxy) is 1. The summed E-state index contributed by atoms with van der Waals surface area (Å²) in [5.74, 6) is -5.22. The van der Waals surface area contributed by atoms with Gasteiger partial charge in [0.15, 0.2) is 0 Å². The van der Waals surface area contributed by atoms with E-state index in [4.69, 9.17) is 9.26 Å². The maximum atomic E-state index is 11.8. The highest BCUT2D eigenvalue weighted by Crippen LogP contribution is 2.38. The summed E-state index contributed by atoms with van der Waals surface area (Å²) in [5.41, 5.74) is 0.799. The van der Waals surface area contributed by atoms with Gasteiger partial charge in [-0.05, 0) is 32.4 Å². The lowest BCUT2D eigenvalue weighted by molar-refractivity contribution is -0.300. The molecule has 10 heteroatoms. The van der Waals surface area contributed by atoms with Crippen LogP contribution in [0.25, 0.3) is 11.4 Å². The van der Waals surface area contributed by atoms with Crippen molar-refractivity contribution in [2.24, 2.45) is 0 Å². The molecule has 0 saturated heterocycles. The molecule has 2 heterocycles. The third-order valence-corrected chi connectivity index (χ3v) is 4.55. The minimum atomic E-state index is -1.51. The first-order valence-electron chi connectivity index (χ1n) is 8.97. The first-order chi connectivity index (χ1) is 14.2. The Labute approximate surface area is 170 Å². The third-order valence-electron chi connectivity index (χ3n) is 4.55. The summed E-state index contributed by atoms with van der Waals surface area (Å²) in [6.45, 7) is 4.80. The SMILES string of the molecule is CCOC(=O)c1nc(-c2cccc(C3C(C(=O)[O-])=C(C)NC(C)=C3C(=O)[O-])c2)no1. The lowest BCUT2D eigenvalue weighted by Crippen LogP contribution is -2.40. The fourth-order valence-corrected chi connectivity index (χ4v) is 3.34. The summed E-state index contributed by atoms with van der Waals surface area (Å²) >= 11 is 0. The summed E-state index contributed by atoms with van der Waals surface area (Å²) in [6.07, 6.45) is 0. The van der Waals surface area contributed by atoms with Gasteiger partial charge in [0.05, 0.1) is 18.5 Å². The number of carbonyl (C=O) groups is 3. The van der Waals surface area contributed by atoms with E-state index in [0.29, 0.717) is 11.1 Å². The van der Waals surface area contributed by atoms with E-state index in [2.05, 4.69) is 15.5 Å². The molecule has 1 N–H and O–H groups in total. The molecule has 10 nitrogen and oxygen atoms in total. The molecule has 0 unspecified atom stereocenters. The van der Waals surface area contributed by atoms with Crippen molar-refractivity contribution in [3.63, 3.8) is 0 Å². The molecule has 1 aromatic carbocycles. The van der Waals surface area contributed by atoms with Crippen LogP contribution >= 0.6 is 0 Å². The quantitative estimate of drug-likeness (QED) is 0.623. The van der Waals surface area contributed by atoms with E-state index < -0.39 is 23.8 Å². The van der Waals surface area contributed by atoms with Crippen LogP contribution < -0.4 is 15.5 Å². The number of nitrogens with one attached hydrogen (secondary N) is 1. The van der Waals surface area contributed by atoms with E-state index in [1.807, 2.05) is 0 Å². The number of aromatic nitrogens is 2. The number of nitrogens with zero attached hydrogens (tertiary/aromatic N) is 2. The Kier molecular flexibility index (Phi) is 5.67. The number of hydrogen-bond donors (Lipinski definition) is 1. The van der Waals surface area contributed by atoms with Crippen molar-refractivity contribution in [1.82, 2.24) is 15.5 Å². The van der Waals surface area contributed by atoms with E-state index in [1.165, 1.54) is 19.9 Å². The number of aliphatic carboxylic acids is 2. The predicted molar refractivity (Wildman–Crippen MR) is 97.0 cm³/mol. The number of benzene rings is 1. The second kappa shape index (κ2) is 8.19. The first kappa shape index (κ1) is 20.8. The van der Waals surface area contributed by atoms with Crippen molar-refractivity contribution >= 4 is 17.9 Å². The zero-order valence-corrected chi connectivity index (χ0v) is 16.3. The minimum Gasteiger partial charge on any atom is -0.545 e. The zero-order chi connectivity index (χ0) is 22.0. The predicted octanol–water partition coefficient (Wildman–Crippen LogP) is -0.352. The van der Waals surface area contributed by atoms with Crippen molar-refractivity contribution in [2.45, 2.75) is 26.7 Å². The number of dihydropyridines is 1. The fourth-order valence-electron chi connectivity index (χ4n) is 3.34. The number of allylic oxidation sites excluding steroid dienone is 2. The van der Waals surface area contributed by atoms with Crippen molar-refractivity contribution in [3.8, 4) is 11.4 Å². The van der Waals surface area contributed by atoms with Gasteiger partial charge in [0.25, 0.3) is 0 Å². The number of carboxylic acids is 2. The number of esters is 1. The summed E-state index contributed by atoms with van der Waals surface area (Å²) in [4.78, 5) is 39.3. The van der Waals surface area contributed by atoms with Crippen LogP contribution in [0, 0.1) is 0 Å². The van der Waals surface area contributed by atoms with Gasteiger partial charge in [-0.25, -0.2) is 4.79 Å². The van der Waals surface area contributed by atoms with Crippen molar-refractivity contribution in [3.05, 3.63) is 58.3 Å². The van der Waals surface area contributed by atoms with Gasteiger partial charge in [-0.2, -0.15) is 4.98 Å². The highest BCUT2D eigenvalue weighted by molar-refractivity contribution is 5.97. The fraction of sp³-hybridized carbons (Fsp3) is 0.250. The molecule has 0 atom stereocenters. The molecule has 1 aromatic heterocycles. The van der Waals surface area contributed by atoms with Gasteiger partial charge >= 0.3 is 11.9 Å². The maximum absolute atomic E-state index is 11.8. The summed E-state index contributed by atoms with van der Waals surface area (Å²) in [6, 6.07) is 6.27. The Balaban J connectivity index is 2.09. The number of carboxylic acid groups (broad SMARTS) is 2. The molecule has 1 aliphatic rings. The summed E-state index contributed by atoms with van der Waals surface area (Å²) in [5, 5.41) is 30.0. The number of hydrogen-bond acceptors (Lipinski definition) is 10. The van der Waals surface area contributed by atoms with E-state index in [-0.39, 0.29) is 40.9 Å². The highest BCUT2D eigenvalue weighted by atomic mass is 16.6. The highest BCUT2D eigenvalue weighted by Gasteiger charge is 2.30. The molecular weight excluding hydrogens is 394 g/mol. The normalized spacial score (nSPS) is 14.5. The molecule has 1 aliphatic heterocycles. The number of carbonyl (C=O) groups excluding carboxylic acids is 3. The summed E-state index contributed by atoms with van der Waals surface area (Å²) in [7, 11) is 0. The van der Waals surface area contributed by atoms with Gasteiger partial charge < -0.3 is 34.4 Å². The van der Waals surface area contributed by atoms with Gasteiger partial charge in [-0.15, -0.1) is 0 Å². The standard InChI is InChI=1S/C20H19N3O7/c1-4-29-20(28)17-22-16(23-30-17)12-7-5-6-11(8-12)15-13(18(24)25)9(2)21-10(3)14(15)19(26)27/h5-8,15,21H,4H2,1-3H3,(H,24,25)(H,26,27)/p-2. The van der Waals surface area contributed by atoms with Crippen LogP contribution in [0.1, 0.15) is 42.9 Å². The van der Waals surface area contributed by atoms with E-state index in [9.17, 15) is 24.6 Å². The Hall–Kier alpha value is -3.95. The topological polar surface area (TPSA) is 158 Å².